The van der Waals surface area contributed by atoms with Crippen molar-refractivity contribution in [3.8, 4) is 0 Å². The number of fused-ring (bicyclic) bond motifs is 1. The SMILES string of the molecule is C=CCCC(=O)NC[C@H](OC(=O)[C@H]1[C@@H]2O[C@@]3(CC2Br)[C@@H]1C(=O)N(CCCO)[C@@H]3C(=O)N(CC=C)c1cc(C)ccc1C)c1ccccc1. The number of anilines is 1. The Labute approximate surface area is 290 Å². The maximum Gasteiger partial charge on any atom is 0.313 e. The minimum atomic E-state index is -1.30. The minimum Gasteiger partial charge on any atom is -0.455 e. The van der Waals surface area contributed by atoms with Crippen LogP contribution in [0.1, 0.15) is 48.5 Å². The van der Waals surface area contributed by atoms with Gasteiger partial charge in [0.25, 0.3) is 5.91 Å². The summed E-state index contributed by atoms with van der Waals surface area (Å²) < 4.78 is 12.8. The Balaban J connectivity index is 1.49. The van der Waals surface area contributed by atoms with E-state index in [-0.39, 0.29) is 61.6 Å². The number of halogens is 1. The number of esters is 1. The fourth-order valence-corrected chi connectivity index (χ4v) is 8.34. The van der Waals surface area contributed by atoms with Crippen LogP contribution >= 0.6 is 15.9 Å². The van der Waals surface area contributed by atoms with Gasteiger partial charge in [0.2, 0.25) is 11.8 Å². The van der Waals surface area contributed by atoms with Gasteiger partial charge in [0.05, 0.1) is 24.5 Å². The van der Waals surface area contributed by atoms with Crippen LogP contribution in [0.2, 0.25) is 0 Å². The summed E-state index contributed by atoms with van der Waals surface area (Å²) in [5, 5.41) is 12.6. The molecule has 2 aromatic carbocycles. The third-order valence-electron chi connectivity index (χ3n) is 9.58. The average Bonchev–Trinajstić information content (AvgIpc) is 3.67. The van der Waals surface area contributed by atoms with Gasteiger partial charge in [-0.3, -0.25) is 19.2 Å². The summed E-state index contributed by atoms with van der Waals surface area (Å²) in [4.78, 5) is 58.7. The number of aryl methyl sites for hydroxylation is 2. The first kappa shape index (κ1) is 35.5. The molecule has 5 rings (SSSR count). The number of hydrogen-bond acceptors (Lipinski definition) is 7. The molecule has 2 bridgehead atoms. The van der Waals surface area contributed by atoms with E-state index in [4.69, 9.17) is 9.47 Å². The van der Waals surface area contributed by atoms with E-state index in [1.165, 1.54) is 4.90 Å². The van der Waals surface area contributed by atoms with Crippen LogP contribution in [0.15, 0.2) is 73.8 Å². The number of aliphatic hydroxyl groups is 1. The van der Waals surface area contributed by atoms with Gasteiger partial charge in [-0.25, -0.2) is 0 Å². The van der Waals surface area contributed by atoms with Crippen molar-refractivity contribution in [1.82, 2.24) is 10.2 Å². The van der Waals surface area contributed by atoms with Gasteiger partial charge in [-0.15, -0.1) is 13.2 Å². The summed E-state index contributed by atoms with van der Waals surface area (Å²) in [5.74, 6) is -3.52. The molecule has 3 amide bonds. The van der Waals surface area contributed by atoms with Gasteiger partial charge in [0.1, 0.15) is 17.7 Å². The van der Waals surface area contributed by atoms with Crippen LogP contribution in [0.3, 0.4) is 0 Å². The van der Waals surface area contributed by atoms with Crippen LogP contribution < -0.4 is 10.2 Å². The number of likely N-dealkylation sites (tertiary alicyclic amines) is 1. The molecule has 1 spiro atoms. The fraction of sp³-hybridized carbons (Fsp3) is 0.459. The van der Waals surface area contributed by atoms with Gasteiger partial charge >= 0.3 is 5.97 Å². The Bertz CT molecular complexity index is 1550. The number of carbonyl (C=O) groups is 4. The zero-order valence-corrected chi connectivity index (χ0v) is 29.1. The number of aliphatic hydroxyl groups excluding tert-OH is 1. The van der Waals surface area contributed by atoms with Crippen molar-refractivity contribution in [2.24, 2.45) is 11.8 Å². The molecule has 256 valence electrons. The van der Waals surface area contributed by atoms with Gasteiger partial charge in [-0.1, -0.05) is 70.5 Å². The van der Waals surface area contributed by atoms with Crippen molar-refractivity contribution < 1.29 is 33.8 Å². The summed E-state index contributed by atoms with van der Waals surface area (Å²) >= 11 is 3.71. The van der Waals surface area contributed by atoms with Gasteiger partial charge in [-0.2, -0.15) is 0 Å². The van der Waals surface area contributed by atoms with Crippen molar-refractivity contribution in [3.63, 3.8) is 0 Å². The van der Waals surface area contributed by atoms with E-state index in [1.807, 2.05) is 62.4 Å². The third-order valence-corrected chi connectivity index (χ3v) is 10.4. The lowest BCUT2D eigenvalue weighted by Gasteiger charge is -2.37. The number of nitrogens with one attached hydrogen (secondary N) is 1. The number of ether oxygens (including phenoxy) is 2. The Kier molecular flexibility index (Phi) is 11.2. The molecule has 3 heterocycles. The Morgan fingerprint density at radius 3 is 2.62 bits per heavy atom. The number of allylic oxidation sites excluding steroid dienone is 1. The van der Waals surface area contributed by atoms with Crippen LogP contribution in [0, 0.1) is 25.7 Å². The molecule has 11 heteroatoms. The summed E-state index contributed by atoms with van der Waals surface area (Å²) in [5.41, 5.74) is 1.95. The van der Waals surface area contributed by atoms with Crippen LogP contribution in [-0.2, 0) is 28.7 Å². The predicted octanol–water partition coefficient (Wildman–Crippen LogP) is 4.32. The molecule has 0 saturated carbocycles. The molecule has 3 saturated heterocycles. The zero-order chi connectivity index (χ0) is 34.6. The van der Waals surface area contributed by atoms with Gasteiger partial charge in [0, 0.05) is 36.6 Å². The maximum atomic E-state index is 14.8. The smallest absolute Gasteiger partial charge is 0.313 e. The number of amides is 3. The predicted molar refractivity (Wildman–Crippen MR) is 185 cm³/mol. The average molecular weight is 723 g/mol. The third kappa shape index (κ3) is 6.73. The van der Waals surface area contributed by atoms with Gasteiger partial charge in [0.15, 0.2) is 0 Å². The molecule has 3 aliphatic heterocycles. The summed E-state index contributed by atoms with van der Waals surface area (Å²) in [7, 11) is 0. The molecule has 10 nitrogen and oxygen atoms in total. The second-order valence-electron chi connectivity index (χ2n) is 12.8. The molecule has 2 N–H and O–H groups in total. The van der Waals surface area contributed by atoms with E-state index in [2.05, 4.69) is 34.4 Å². The largest absolute Gasteiger partial charge is 0.455 e. The van der Waals surface area contributed by atoms with Crippen molar-refractivity contribution in [1.29, 1.82) is 0 Å². The van der Waals surface area contributed by atoms with Crippen molar-refractivity contribution in [3.05, 3.63) is 90.5 Å². The highest BCUT2D eigenvalue weighted by atomic mass is 79.9. The van der Waals surface area contributed by atoms with Crippen LogP contribution in [0.25, 0.3) is 0 Å². The van der Waals surface area contributed by atoms with E-state index in [0.717, 1.165) is 11.1 Å². The number of rotatable bonds is 15. The first-order chi connectivity index (χ1) is 23.1. The molecule has 3 aliphatic rings. The highest BCUT2D eigenvalue weighted by molar-refractivity contribution is 9.09. The zero-order valence-electron chi connectivity index (χ0n) is 27.5. The highest BCUT2D eigenvalue weighted by Gasteiger charge is 2.77. The lowest BCUT2D eigenvalue weighted by atomic mass is 9.70. The first-order valence-corrected chi connectivity index (χ1v) is 17.3. The monoisotopic (exact) mass is 721 g/mol. The Morgan fingerprint density at radius 2 is 1.94 bits per heavy atom. The first-order valence-electron chi connectivity index (χ1n) is 16.4. The molecular weight excluding hydrogens is 678 g/mol. The van der Waals surface area contributed by atoms with Crippen LogP contribution in [0.4, 0.5) is 5.69 Å². The van der Waals surface area contributed by atoms with E-state index in [9.17, 15) is 24.3 Å². The van der Waals surface area contributed by atoms with E-state index in [0.29, 0.717) is 24.1 Å². The second kappa shape index (κ2) is 15.2. The molecular formula is C37H44BrN3O7. The Morgan fingerprint density at radius 1 is 1.19 bits per heavy atom. The standard InChI is InChI=1S/C37H44BrN3O7/c1-5-7-14-29(43)39-22-28(25-12-9-8-10-13-25)47-36(46)30-31-34(44)41(18-11-19-42)33(37(31)21-26(38)32(30)48-37)35(45)40(17-6-2)27-20-23(3)15-16-24(27)4/h5-6,8-10,12-13,15-16,20,26,28,30-33,42H,1-2,7,11,14,17-19,21-22H2,3-4H3,(H,39,43)/t26?,28-,30+,31-,32+,33+,37-/m0/s1. The molecule has 0 aromatic heterocycles. The summed E-state index contributed by atoms with van der Waals surface area (Å²) in [6.07, 6.45) is 3.13. The number of benzene rings is 2. The Hall–Kier alpha value is -3.80. The van der Waals surface area contributed by atoms with Crippen LogP contribution in [-0.4, -0.2) is 82.5 Å². The van der Waals surface area contributed by atoms with Crippen molar-refractivity contribution >= 4 is 45.3 Å². The van der Waals surface area contributed by atoms with E-state index in [1.54, 1.807) is 17.1 Å². The van der Waals surface area contributed by atoms with Gasteiger partial charge in [-0.05, 0) is 55.9 Å². The summed E-state index contributed by atoms with van der Waals surface area (Å²) in [6, 6.07) is 13.9. The molecule has 0 radical (unpaired) electrons. The number of alkyl halides is 1. The molecule has 48 heavy (non-hydrogen) atoms. The van der Waals surface area contributed by atoms with Crippen LogP contribution in [0.5, 0.6) is 0 Å². The summed E-state index contributed by atoms with van der Waals surface area (Å²) in [6.45, 7) is 11.6. The van der Waals surface area contributed by atoms with E-state index >= 15 is 0 Å². The molecule has 7 atom stereocenters. The lowest BCUT2D eigenvalue weighted by molar-refractivity contribution is -0.160. The number of carbonyl (C=O) groups excluding carboxylic acids is 4. The fourth-order valence-electron chi connectivity index (χ4n) is 7.40. The minimum absolute atomic E-state index is 0.0432. The topological polar surface area (TPSA) is 125 Å². The molecule has 1 unspecified atom stereocenters. The van der Waals surface area contributed by atoms with Gasteiger partial charge < -0.3 is 29.7 Å². The molecule has 0 aliphatic carbocycles. The molecule has 2 aromatic rings. The molecule has 3 fully saturated rings. The number of nitrogens with zero attached hydrogens (tertiary/aromatic N) is 2. The van der Waals surface area contributed by atoms with Crippen molar-refractivity contribution in [2.45, 2.75) is 68.2 Å². The van der Waals surface area contributed by atoms with E-state index < -0.39 is 41.7 Å². The highest BCUT2D eigenvalue weighted by Crippen LogP contribution is 2.60. The lowest BCUT2D eigenvalue weighted by Crippen LogP contribution is -2.57. The second-order valence-corrected chi connectivity index (χ2v) is 13.9. The normalized spacial score (nSPS) is 26.1. The van der Waals surface area contributed by atoms with Crippen molar-refractivity contribution in [2.75, 3.05) is 31.1 Å². The number of hydrogen-bond donors (Lipinski definition) is 2. The quantitative estimate of drug-likeness (QED) is 0.160. The maximum absolute atomic E-state index is 14.8.